The summed E-state index contributed by atoms with van der Waals surface area (Å²) in [6, 6.07) is 6.27. The zero-order chi connectivity index (χ0) is 23.5. The molecule has 0 bridgehead atoms. The molecule has 2 aromatic rings. The largest absolute Gasteiger partial charge is 0.492 e. The van der Waals surface area contributed by atoms with Crippen molar-refractivity contribution in [3.8, 4) is 5.75 Å². The molecule has 1 aromatic heterocycles. The Hall–Kier alpha value is -2.50. The van der Waals surface area contributed by atoms with E-state index in [1.807, 2.05) is 0 Å². The van der Waals surface area contributed by atoms with Gasteiger partial charge < -0.3 is 9.64 Å². The minimum absolute atomic E-state index is 0.304. The summed E-state index contributed by atoms with van der Waals surface area (Å²) in [5.41, 5.74) is -0.246. The first-order valence-corrected chi connectivity index (χ1v) is 12.5. The van der Waals surface area contributed by atoms with Crippen LogP contribution < -0.4 is 25.6 Å². The second-order valence-corrected chi connectivity index (χ2v) is 9.95. The molecule has 176 valence electrons. The first kappa shape index (κ1) is 24.1. The molecule has 0 atom stereocenters. The minimum Gasteiger partial charge on any atom is -0.492 e. The van der Waals surface area contributed by atoms with Gasteiger partial charge >= 0.3 is 5.69 Å². The van der Waals surface area contributed by atoms with E-state index < -0.39 is 10.0 Å². The zero-order valence-corrected chi connectivity index (χ0v) is 19.9. The van der Waals surface area contributed by atoms with Gasteiger partial charge in [0, 0.05) is 52.9 Å². The van der Waals surface area contributed by atoms with E-state index in [0.29, 0.717) is 28.9 Å². The maximum Gasteiger partial charge on any atom is 0.332 e. The van der Waals surface area contributed by atoms with E-state index in [9.17, 15) is 18.0 Å². The number of aromatic nitrogens is 2. The molecule has 2 heterocycles. The van der Waals surface area contributed by atoms with Gasteiger partial charge in [-0.25, -0.2) is 13.2 Å². The van der Waals surface area contributed by atoms with E-state index >= 15 is 0 Å². The molecule has 0 saturated carbocycles. The molecule has 0 spiro atoms. The highest BCUT2D eigenvalue weighted by Gasteiger charge is 2.20. The van der Waals surface area contributed by atoms with Crippen LogP contribution in [-0.2, 0) is 24.1 Å². The smallest absolute Gasteiger partial charge is 0.332 e. The molecule has 0 amide bonds. The lowest BCUT2D eigenvalue weighted by molar-refractivity contribution is 0.224. The maximum atomic E-state index is 12.1. The van der Waals surface area contributed by atoms with Gasteiger partial charge in [0.2, 0.25) is 10.0 Å². The summed E-state index contributed by atoms with van der Waals surface area (Å²) >= 11 is 6.18. The summed E-state index contributed by atoms with van der Waals surface area (Å²) in [5.74, 6) is 1.15. The van der Waals surface area contributed by atoms with E-state index in [0.717, 1.165) is 50.0 Å². The molecule has 1 N–H and O–H groups in total. The number of rotatable bonds is 8. The predicted octanol–water partition coefficient (Wildman–Crippen LogP) is 0.700. The van der Waals surface area contributed by atoms with E-state index in [2.05, 4.69) is 14.5 Å². The first-order chi connectivity index (χ1) is 15.0. The van der Waals surface area contributed by atoms with Gasteiger partial charge in [0.25, 0.3) is 5.56 Å². The minimum atomic E-state index is -3.36. The summed E-state index contributed by atoms with van der Waals surface area (Å²) in [6.45, 7) is 4.40. The number of benzene rings is 1. The average molecular weight is 486 g/mol. The van der Waals surface area contributed by atoms with Crippen LogP contribution in [0.4, 0.5) is 11.5 Å². The van der Waals surface area contributed by atoms with Crippen LogP contribution in [0.2, 0.25) is 5.02 Å². The van der Waals surface area contributed by atoms with Gasteiger partial charge in [-0.3, -0.25) is 23.6 Å². The normalized spacial score (nSPS) is 15.1. The lowest BCUT2D eigenvalue weighted by atomic mass is 10.3. The SMILES string of the molecule is Cn1c(N2CCN(CCCOc3ccc(NS(C)(=O)=O)cc3Cl)CC2)cc(=O)n(C)c1=O. The van der Waals surface area contributed by atoms with Gasteiger partial charge in [0.1, 0.15) is 11.6 Å². The van der Waals surface area contributed by atoms with E-state index in [1.54, 1.807) is 19.2 Å². The topological polar surface area (TPSA) is 106 Å². The van der Waals surface area contributed by atoms with Crippen LogP contribution >= 0.6 is 11.6 Å². The number of hydrogen-bond donors (Lipinski definition) is 1. The van der Waals surface area contributed by atoms with Crippen molar-refractivity contribution >= 4 is 33.1 Å². The van der Waals surface area contributed by atoms with Crippen molar-refractivity contribution in [3.05, 3.63) is 50.1 Å². The van der Waals surface area contributed by atoms with Crippen LogP contribution in [0.5, 0.6) is 5.75 Å². The molecule has 1 aromatic carbocycles. The lowest BCUT2D eigenvalue weighted by Crippen LogP contribution is -2.49. The molecule has 1 aliphatic heterocycles. The van der Waals surface area contributed by atoms with Gasteiger partial charge in [0.05, 0.1) is 23.6 Å². The molecule has 1 fully saturated rings. The quantitative estimate of drug-likeness (QED) is 0.548. The van der Waals surface area contributed by atoms with Gasteiger partial charge in [-0.2, -0.15) is 0 Å². The Balaban J connectivity index is 1.45. The Morgan fingerprint density at radius 3 is 2.38 bits per heavy atom. The summed E-state index contributed by atoms with van der Waals surface area (Å²) in [7, 11) is -0.211. The predicted molar refractivity (Wildman–Crippen MR) is 126 cm³/mol. The number of halogens is 1. The van der Waals surface area contributed by atoms with Gasteiger partial charge in [-0.05, 0) is 24.6 Å². The molecule has 0 aliphatic carbocycles. The molecule has 1 saturated heterocycles. The fourth-order valence-electron chi connectivity index (χ4n) is 3.59. The average Bonchev–Trinajstić information content (AvgIpc) is 2.73. The molecule has 0 unspecified atom stereocenters. The Morgan fingerprint density at radius 1 is 1.06 bits per heavy atom. The second kappa shape index (κ2) is 9.97. The highest BCUT2D eigenvalue weighted by Crippen LogP contribution is 2.28. The highest BCUT2D eigenvalue weighted by atomic mass is 35.5. The fraction of sp³-hybridized carbons (Fsp3) is 0.500. The zero-order valence-electron chi connectivity index (χ0n) is 18.4. The van der Waals surface area contributed by atoms with Gasteiger partial charge in [-0.15, -0.1) is 0 Å². The van der Waals surface area contributed by atoms with Crippen molar-refractivity contribution < 1.29 is 13.2 Å². The molecule has 12 heteroatoms. The Morgan fingerprint density at radius 2 is 1.75 bits per heavy atom. The van der Waals surface area contributed by atoms with Crippen LogP contribution in [0.25, 0.3) is 0 Å². The van der Waals surface area contributed by atoms with Gasteiger partial charge in [-0.1, -0.05) is 11.6 Å². The van der Waals surface area contributed by atoms with Crippen molar-refractivity contribution in [1.29, 1.82) is 0 Å². The summed E-state index contributed by atoms with van der Waals surface area (Å²) in [6.07, 6.45) is 1.87. The molecular formula is C20H28ClN5O5S. The summed E-state index contributed by atoms with van der Waals surface area (Å²) < 4.78 is 33.3. The Kier molecular flexibility index (Phi) is 7.52. The van der Waals surface area contributed by atoms with Crippen molar-refractivity contribution in [2.45, 2.75) is 6.42 Å². The molecule has 10 nitrogen and oxygen atoms in total. The van der Waals surface area contributed by atoms with Crippen LogP contribution in [0, 0.1) is 0 Å². The van der Waals surface area contributed by atoms with E-state index in [4.69, 9.17) is 16.3 Å². The Labute approximate surface area is 192 Å². The number of hydrogen-bond acceptors (Lipinski definition) is 7. The fourth-order valence-corrected chi connectivity index (χ4v) is 4.38. The number of anilines is 2. The van der Waals surface area contributed by atoms with Crippen molar-refractivity contribution in [1.82, 2.24) is 14.0 Å². The van der Waals surface area contributed by atoms with E-state index in [-0.39, 0.29) is 11.2 Å². The first-order valence-electron chi connectivity index (χ1n) is 10.2. The number of nitrogens with one attached hydrogen (secondary N) is 1. The summed E-state index contributed by atoms with van der Waals surface area (Å²) in [4.78, 5) is 28.5. The molecule has 3 rings (SSSR count). The third-order valence-electron chi connectivity index (χ3n) is 5.31. The standard InChI is InChI=1S/C20H28ClN5O5S/c1-23-18(14-19(27)24(2)20(23)28)26-10-8-25(9-11-26)7-4-12-31-17-6-5-15(13-16(17)21)22-32(3,29)30/h5-6,13-14,22H,4,7-12H2,1-3H3. The second-order valence-electron chi connectivity index (χ2n) is 7.79. The van der Waals surface area contributed by atoms with Crippen LogP contribution in [0.1, 0.15) is 6.42 Å². The highest BCUT2D eigenvalue weighted by molar-refractivity contribution is 7.92. The van der Waals surface area contributed by atoms with Crippen molar-refractivity contribution in [2.24, 2.45) is 14.1 Å². The lowest BCUT2D eigenvalue weighted by Gasteiger charge is -2.36. The number of sulfonamides is 1. The molecule has 32 heavy (non-hydrogen) atoms. The molecular weight excluding hydrogens is 458 g/mol. The van der Waals surface area contributed by atoms with Crippen molar-refractivity contribution in [3.63, 3.8) is 0 Å². The third kappa shape index (κ3) is 6.05. The summed E-state index contributed by atoms with van der Waals surface area (Å²) in [5, 5.41) is 0.340. The van der Waals surface area contributed by atoms with Crippen molar-refractivity contribution in [2.75, 3.05) is 55.2 Å². The molecule has 1 aliphatic rings. The number of piperazine rings is 1. The van der Waals surface area contributed by atoms with Gasteiger partial charge in [0.15, 0.2) is 0 Å². The number of ether oxygens (including phenoxy) is 1. The maximum absolute atomic E-state index is 12.1. The molecule has 0 radical (unpaired) electrons. The monoisotopic (exact) mass is 485 g/mol. The third-order valence-corrected chi connectivity index (χ3v) is 6.21. The number of nitrogens with zero attached hydrogens (tertiary/aromatic N) is 4. The Bertz CT molecular complexity index is 1190. The van der Waals surface area contributed by atoms with E-state index in [1.165, 1.54) is 23.7 Å². The van der Waals surface area contributed by atoms with Crippen LogP contribution in [-0.4, -0.2) is 68.0 Å². The van der Waals surface area contributed by atoms with Crippen LogP contribution in [0.15, 0.2) is 33.9 Å². The van der Waals surface area contributed by atoms with Crippen LogP contribution in [0.3, 0.4) is 0 Å².